The Hall–Kier alpha value is -3.81. The van der Waals surface area contributed by atoms with Crippen LogP contribution in [0.3, 0.4) is 0 Å². The predicted molar refractivity (Wildman–Crippen MR) is 146 cm³/mol. The van der Waals surface area contributed by atoms with E-state index in [0.29, 0.717) is 35.2 Å². The highest BCUT2D eigenvalue weighted by Gasteiger charge is 2.30. The Morgan fingerprint density at radius 1 is 1.29 bits per heavy atom. The Labute approximate surface area is 222 Å². The van der Waals surface area contributed by atoms with Gasteiger partial charge in [0.25, 0.3) is 0 Å². The summed E-state index contributed by atoms with van der Waals surface area (Å²) in [7, 11) is 0. The van der Waals surface area contributed by atoms with E-state index >= 15 is 0 Å². The first-order valence-electron chi connectivity index (χ1n) is 13.0. The highest BCUT2D eigenvalue weighted by molar-refractivity contribution is 6.47. The van der Waals surface area contributed by atoms with Crippen LogP contribution in [0.25, 0.3) is 5.52 Å². The van der Waals surface area contributed by atoms with E-state index in [1.807, 2.05) is 37.4 Å². The first kappa shape index (κ1) is 25.8. The lowest BCUT2D eigenvalue weighted by molar-refractivity contribution is -0.0709. The maximum absolute atomic E-state index is 9.68. The molecular weight excluding hydrogens is 480 g/mol. The summed E-state index contributed by atoms with van der Waals surface area (Å²) in [4.78, 5) is 12.0. The lowest BCUT2D eigenvalue weighted by Crippen LogP contribution is -2.52. The molecule has 2 N–H and O–H groups in total. The van der Waals surface area contributed by atoms with E-state index in [1.54, 1.807) is 10.7 Å². The van der Waals surface area contributed by atoms with Crippen LogP contribution in [0.4, 0.5) is 0 Å². The molecule has 0 saturated carbocycles. The monoisotopic (exact) mass is 514 g/mol. The molecule has 3 aromatic rings. The molecule has 38 heavy (non-hydrogen) atoms. The maximum Gasteiger partial charge on any atom is 0.147 e. The average Bonchev–Trinajstić information content (AvgIpc) is 3.32. The van der Waals surface area contributed by atoms with Gasteiger partial charge in [-0.15, -0.1) is 0 Å². The fourth-order valence-electron chi connectivity index (χ4n) is 5.03. The van der Waals surface area contributed by atoms with Gasteiger partial charge in [-0.25, -0.2) is 4.52 Å². The summed E-state index contributed by atoms with van der Waals surface area (Å²) in [6, 6.07) is 10.7. The van der Waals surface area contributed by atoms with Crippen molar-refractivity contribution in [2.45, 2.75) is 51.1 Å². The van der Waals surface area contributed by atoms with E-state index in [9.17, 15) is 5.26 Å². The van der Waals surface area contributed by atoms with Crippen molar-refractivity contribution < 1.29 is 9.47 Å². The van der Waals surface area contributed by atoms with Gasteiger partial charge in [0, 0.05) is 42.2 Å². The van der Waals surface area contributed by atoms with Gasteiger partial charge >= 0.3 is 0 Å². The third-order valence-electron chi connectivity index (χ3n) is 7.40. The zero-order valence-electron chi connectivity index (χ0n) is 22.2. The summed E-state index contributed by atoms with van der Waals surface area (Å²) < 4.78 is 13.3. The summed E-state index contributed by atoms with van der Waals surface area (Å²) >= 11 is 0. The van der Waals surface area contributed by atoms with Crippen molar-refractivity contribution in [3.05, 3.63) is 59.7 Å². The van der Waals surface area contributed by atoms with Crippen LogP contribution in [-0.2, 0) is 10.2 Å². The average molecular weight is 515 g/mol. The van der Waals surface area contributed by atoms with Crippen LogP contribution in [0.5, 0.6) is 5.75 Å². The number of pyridine rings is 2. The molecule has 2 fully saturated rings. The molecule has 0 aromatic carbocycles. The van der Waals surface area contributed by atoms with Crippen molar-refractivity contribution in [2.24, 2.45) is 15.9 Å². The molecule has 3 aromatic heterocycles. The van der Waals surface area contributed by atoms with Gasteiger partial charge in [0.05, 0.1) is 43.8 Å². The van der Waals surface area contributed by atoms with Gasteiger partial charge in [-0.05, 0) is 38.0 Å². The molecule has 0 unspecified atom stereocenters. The van der Waals surface area contributed by atoms with Crippen molar-refractivity contribution in [3.63, 3.8) is 0 Å². The fraction of sp³-hybridized carbons (Fsp3) is 0.464. The molecular formula is C28H34N8O2. The summed E-state index contributed by atoms with van der Waals surface area (Å²) in [5, 5.41) is 18.2. The molecule has 10 heteroatoms. The van der Waals surface area contributed by atoms with Crippen LogP contribution >= 0.6 is 0 Å². The maximum atomic E-state index is 9.68. The summed E-state index contributed by atoms with van der Waals surface area (Å²) in [5.74, 6) is 6.43. The minimum atomic E-state index is -0.357. The molecule has 198 valence electrons. The smallest absolute Gasteiger partial charge is 0.147 e. The van der Waals surface area contributed by atoms with E-state index < -0.39 is 0 Å². The van der Waals surface area contributed by atoms with Gasteiger partial charge in [0.2, 0.25) is 0 Å². The quantitative estimate of drug-likeness (QED) is 0.278. The van der Waals surface area contributed by atoms with E-state index in [-0.39, 0.29) is 11.5 Å². The summed E-state index contributed by atoms with van der Waals surface area (Å²) in [6.45, 7) is 10.2. The fourth-order valence-corrected chi connectivity index (χ4v) is 5.03. The van der Waals surface area contributed by atoms with E-state index in [2.05, 4.69) is 40.0 Å². The molecule has 10 nitrogen and oxygen atoms in total. The number of hydrazone groups is 1. The minimum absolute atomic E-state index is 0.220. The first-order chi connectivity index (χ1) is 18.4. The molecule has 0 bridgehead atoms. The van der Waals surface area contributed by atoms with Gasteiger partial charge < -0.3 is 15.3 Å². The number of ether oxygens (including phenoxy) is 2. The van der Waals surface area contributed by atoms with Crippen molar-refractivity contribution in [1.82, 2.24) is 19.5 Å². The number of likely N-dealkylation sites (tertiary alicyclic amines) is 1. The van der Waals surface area contributed by atoms with Crippen LogP contribution in [-0.4, -0.2) is 75.9 Å². The van der Waals surface area contributed by atoms with Gasteiger partial charge in [0.1, 0.15) is 28.6 Å². The van der Waals surface area contributed by atoms with Crippen molar-refractivity contribution in [1.29, 1.82) is 5.26 Å². The van der Waals surface area contributed by atoms with Crippen molar-refractivity contribution in [3.8, 4) is 11.8 Å². The number of rotatable bonds is 8. The van der Waals surface area contributed by atoms with Crippen molar-refractivity contribution in [2.75, 3.05) is 32.9 Å². The first-order valence-corrected chi connectivity index (χ1v) is 13.0. The van der Waals surface area contributed by atoms with Crippen LogP contribution in [0.1, 0.15) is 50.4 Å². The Morgan fingerprint density at radius 3 is 2.71 bits per heavy atom. The number of aliphatic imine (C=N–C) groups is 1. The third kappa shape index (κ3) is 5.26. The second kappa shape index (κ2) is 10.9. The summed E-state index contributed by atoms with van der Waals surface area (Å²) in [5.41, 5.74) is 3.67. The van der Waals surface area contributed by atoms with Gasteiger partial charge in [0.15, 0.2) is 0 Å². The molecule has 0 spiro atoms. The lowest BCUT2D eigenvalue weighted by atomic mass is 9.90. The highest BCUT2D eigenvalue weighted by atomic mass is 16.5. The molecule has 5 heterocycles. The molecule has 2 saturated heterocycles. The molecule has 0 radical (unpaired) electrons. The number of hydrogen-bond donors (Lipinski definition) is 1. The van der Waals surface area contributed by atoms with E-state index in [4.69, 9.17) is 20.3 Å². The van der Waals surface area contributed by atoms with Crippen molar-refractivity contribution >= 4 is 16.9 Å². The number of nitriles is 1. The molecule has 0 aliphatic carbocycles. The van der Waals surface area contributed by atoms with Gasteiger partial charge in [-0.1, -0.05) is 19.9 Å². The zero-order chi connectivity index (χ0) is 26.7. The molecule has 2 aliphatic heterocycles. The summed E-state index contributed by atoms with van der Waals surface area (Å²) in [6.07, 6.45) is 7.12. The van der Waals surface area contributed by atoms with Gasteiger partial charge in [-0.2, -0.15) is 15.5 Å². The molecule has 0 atom stereocenters. The third-order valence-corrected chi connectivity index (χ3v) is 7.40. The molecule has 2 aliphatic rings. The van der Waals surface area contributed by atoms with Gasteiger partial charge in [-0.3, -0.25) is 14.9 Å². The Morgan fingerprint density at radius 2 is 2.08 bits per heavy atom. The zero-order valence-corrected chi connectivity index (χ0v) is 22.2. The largest absolute Gasteiger partial charge is 0.490 e. The Kier molecular flexibility index (Phi) is 7.40. The Balaban J connectivity index is 1.39. The number of piperidine rings is 1. The second-order valence-corrected chi connectivity index (χ2v) is 10.6. The number of nitrogens with zero attached hydrogens (tertiary/aromatic N) is 7. The standard InChI is InChI=1S/C28H34N8O2/c1-19(33-22-7-10-35(11-8-22)23-16-37-17-23)26(34-30)20-12-24(27-21(13-29)14-32-36(27)15-20)38-18-28(2,3)25-6-4-5-9-31-25/h4-6,9,12,14-15,22-23H,7-8,10-11,16-18,30H2,1-3H3/b33-19?,34-26+. The second-order valence-electron chi connectivity index (χ2n) is 10.6. The number of nitrogens with two attached hydrogens (primary N) is 1. The normalized spacial score (nSPS) is 18.4. The highest BCUT2D eigenvalue weighted by Crippen LogP contribution is 2.29. The van der Waals surface area contributed by atoms with Crippen LogP contribution in [0.15, 0.2) is 52.9 Å². The van der Waals surface area contributed by atoms with Crippen LogP contribution in [0, 0.1) is 11.3 Å². The number of fused-ring (bicyclic) bond motifs is 1. The van der Waals surface area contributed by atoms with E-state index in [1.165, 1.54) is 6.20 Å². The van der Waals surface area contributed by atoms with Crippen LogP contribution in [0.2, 0.25) is 0 Å². The van der Waals surface area contributed by atoms with Crippen LogP contribution < -0.4 is 10.6 Å². The SMILES string of the molecule is CC(=NC1CCN(C2COC2)CC1)/C(=N\N)c1cc(OCC(C)(C)c2ccccn2)c2c(C#N)cnn2c1. The van der Waals surface area contributed by atoms with E-state index in [0.717, 1.165) is 56.1 Å². The molecule has 0 amide bonds. The minimum Gasteiger partial charge on any atom is -0.490 e. The lowest BCUT2D eigenvalue weighted by Gasteiger charge is -2.40. The number of aromatic nitrogens is 3. The predicted octanol–water partition coefficient (Wildman–Crippen LogP) is 2.94. The number of hydrogen-bond acceptors (Lipinski definition) is 9. The molecule has 5 rings (SSSR count). The topological polar surface area (TPSA) is 126 Å². The Bertz CT molecular complexity index is 1380.